The second kappa shape index (κ2) is 8.12. The largest absolute Gasteiger partial charge is 0.494 e. The molecule has 1 atom stereocenters. The van der Waals surface area contributed by atoms with E-state index in [1.807, 2.05) is 38.1 Å². The van der Waals surface area contributed by atoms with Gasteiger partial charge in [0.2, 0.25) is 5.91 Å². The SMILES string of the molecule is Cc1cccc(OCCCC(=O)Nc2cc(C)nn2C2CCS(=O)(=O)C2)c1. The van der Waals surface area contributed by atoms with E-state index < -0.39 is 9.84 Å². The number of carbonyl (C=O) groups excluding carboxylic acids is 1. The van der Waals surface area contributed by atoms with Gasteiger partial charge in [-0.25, -0.2) is 13.1 Å². The molecule has 0 bridgehead atoms. The van der Waals surface area contributed by atoms with Crippen molar-refractivity contribution in [2.24, 2.45) is 0 Å². The Kier molecular flexibility index (Phi) is 5.84. The highest BCUT2D eigenvalue weighted by Gasteiger charge is 2.31. The monoisotopic (exact) mass is 391 g/mol. The van der Waals surface area contributed by atoms with Crippen molar-refractivity contribution in [2.75, 3.05) is 23.4 Å². The molecule has 0 aliphatic carbocycles. The van der Waals surface area contributed by atoms with Gasteiger partial charge in [0.1, 0.15) is 11.6 Å². The Balaban J connectivity index is 1.51. The number of hydrogen-bond donors (Lipinski definition) is 1. The van der Waals surface area contributed by atoms with E-state index in [2.05, 4.69) is 10.4 Å². The molecule has 1 amide bonds. The number of benzene rings is 1. The highest BCUT2D eigenvalue weighted by atomic mass is 32.2. The molecule has 1 saturated heterocycles. The van der Waals surface area contributed by atoms with Gasteiger partial charge >= 0.3 is 0 Å². The van der Waals surface area contributed by atoms with E-state index in [0.717, 1.165) is 17.0 Å². The summed E-state index contributed by atoms with van der Waals surface area (Å²) in [5.74, 6) is 1.46. The second-order valence-corrected chi connectivity index (χ2v) is 9.22. The number of sulfone groups is 1. The summed E-state index contributed by atoms with van der Waals surface area (Å²) in [6.07, 6.45) is 1.43. The van der Waals surface area contributed by atoms with Crippen LogP contribution in [0.1, 0.15) is 36.6 Å². The van der Waals surface area contributed by atoms with Crippen LogP contribution in [0.4, 0.5) is 5.82 Å². The fourth-order valence-corrected chi connectivity index (χ4v) is 4.88. The van der Waals surface area contributed by atoms with Gasteiger partial charge in [-0.15, -0.1) is 0 Å². The minimum Gasteiger partial charge on any atom is -0.494 e. The summed E-state index contributed by atoms with van der Waals surface area (Å²) in [5, 5.41) is 7.22. The van der Waals surface area contributed by atoms with Gasteiger partial charge in [0.05, 0.1) is 29.8 Å². The molecule has 1 aliphatic heterocycles. The molecule has 8 heteroatoms. The van der Waals surface area contributed by atoms with Gasteiger partial charge in [-0.3, -0.25) is 4.79 Å². The van der Waals surface area contributed by atoms with Gasteiger partial charge in [0.25, 0.3) is 0 Å². The van der Waals surface area contributed by atoms with Crippen molar-refractivity contribution >= 4 is 21.6 Å². The third kappa shape index (κ3) is 5.32. The molecule has 1 aliphatic rings. The Morgan fingerprint density at radius 3 is 2.85 bits per heavy atom. The van der Waals surface area contributed by atoms with Crippen molar-refractivity contribution in [3.63, 3.8) is 0 Å². The van der Waals surface area contributed by atoms with Crippen LogP contribution in [0.5, 0.6) is 5.75 Å². The van der Waals surface area contributed by atoms with Crippen LogP contribution in [0, 0.1) is 13.8 Å². The van der Waals surface area contributed by atoms with Crippen molar-refractivity contribution in [2.45, 2.75) is 39.2 Å². The number of aromatic nitrogens is 2. The van der Waals surface area contributed by atoms with Crippen LogP contribution in [0.15, 0.2) is 30.3 Å². The Hall–Kier alpha value is -2.35. The number of nitrogens with one attached hydrogen (secondary N) is 1. The van der Waals surface area contributed by atoms with Gasteiger partial charge < -0.3 is 10.1 Å². The van der Waals surface area contributed by atoms with Crippen LogP contribution in [-0.2, 0) is 14.6 Å². The Labute approximate surface area is 159 Å². The average Bonchev–Trinajstić information content (AvgIpc) is 3.13. The molecule has 0 saturated carbocycles. The minimum atomic E-state index is -3.02. The lowest BCUT2D eigenvalue weighted by Gasteiger charge is -2.14. The first-order valence-corrected chi connectivity index (χ1v) is 10.9. The van der Waals surface area contributed by atoms with Crippen molar-refractivity contribution in [3.8, 4) is 5.75 Å². The maximum Gasteiger partial charge on any atom is 0.225 e. The highest BCUT2D eigenvalue weighted by Crippen LogP contribution is 2.27. The number of nitrogens with zero attached hydrogens (tertiary/aromatic N) is 2. The zero-order valence-electron chi connectivity index (χ0n) is 15.6. The third-order valence-electron chi connectivity index (χ3n) is 4.49. The molecule has 2 heterocycles. The molecule has 0 radical (unpaired) electrons. The quantitative estimate of drug-likeness (QED) is 0.733. The van der Waals surface area contributed by atoms with Crippen LogP contribution in [0.25, 0.3) is 0 Å². The summed E-state index contributed by atoms with van der Waals surface area (Å²) in [6, 6.07) is 9.34. The lowest BCUT2D eigenvalue weighted by Crippen LogP contribution is -2.19. The fourth-order valence-electron chi connectivity index (χ4n) is 3.19. The molecule has 2 aromatic rings. The van der Waals surface area contributed by atoms with Gasteiger partial charge in [-0.1, -0.05) is 12.1 Å². The first-order chi connectivity index (χ1) is 12.8. The molecule has 0 spiro atoms. The zero-order chi connectivity index (χ0) is 19.4. The van der Waals surface area contributed by atoms with Crippen LogP contribution in [0.2, 0.25) is 0 Å². The first-order valence-electron chi connectivity index (χ1n) is 9.08. The van der Waals surface area contributed by atoms with E-state index in [1.165, 1.54) is 0 Å². The van der Waals surface area contributed by atoms with Crippen LogP contribution in [0.3, 0.4) is 0 Å². The van der Waals surface area contributed by atoms with Crippen LogP contribution >= 0.6 is 0 Å². The third-order valence-corrected chi connectivity index (χ3v) is 6.24. The first kappa shape index (κ1) is 19.4. The zero-order valence-corrected chi connectivity index (χ0v) is 16.5. The van der Waals surface area contributed by atoms with Crippen molar-refractivity contribution < 1.29 is 17.9 Å². The molecule has 1 N–H and O–H groups in total. The molecule has 27 heavy (non-hydrogen) atoms. The Morgan fingerprint density at radius 1 is 1.33 bits per heavy atom. The van der Waals surface area contributed by atoms with Crippen molar-refractivity contribution in [3.05, 3.63) is 41.6 Å². The molecule has 1 aromatic heterocycles. The summed E-state index contributed by atoms with van der Waals surface area (Å²) in [5.41, 5.74) is 1.88. The van der Waals surface area contributed by atoms with Crippen molar-refractivity contribution in [1.29, 1.82) is 0 Å². The summed E-state index contributed by atoms with van der Waals surface area (Å²) >= 11 is 0. The predicted molar refractivity (Wildman–Crippen MR) is 104 cm³/mol. The fraction of sp³-hybridized carbons (Fsp3) is 0.474. The van der Waals surface area contributed by atoms with Crippen molar-refractivity contribution in [1.82, 2.24) is 9.78 Å². The molecule has 146 valence electrons. The molecule has 7 nitrogen and oxygen atoms in total. The Morgan fingerprint density at radius 2 is 2.15 bits per heavy atom. The predicted octanol–water partition coefficient (Wildman–Crippen LogP) is 2.66. The number of carbonyl (C=O) groups is 1. The number of rotatable bonds is 7. The normalized spacial score (nSPS) is 18.4. The van der Waals surface area contributed by atoms with Gasteiger partial charge in [0, 0.05) is 12.5 Å². The van der Waals surface area contributed by atoms with E-state index in [4.69, 9.17) is 4.74 Å². The van der Waals surface area contributed by atoms with Gasteiger partial charge in [-0.2, -0.15) is 5.10 Å². The highest BCUT2D eigenvalue weighted by molar-refractivity contribution is 7.91. The lowest BCUT2D eigenvalue weighted by atomic mass is 10.2. The van der Waals surface area contributed by atoms with Crippen LogP contribution in [-0.4, -0.2) is 42.2 Å². The van der Waals surface area contributed by atoms with E-state index in [-0.39, 0.29) is 23.5 Å². The minimum absolute atomic E-state index is 0.0708. The summed E-state index contributed by atoms with van der Waals surface area (Å²) in [4.78, 5) is 12.3. The summed E-state index contributed by atoms with van der Waals surface area (Å²) in [7, 11) is -3.02. The van der Waals surface area contributed by atoms with Gasteiger partial charge in [0.15, 0.2) is 9.84 Å². The average molecular weight is 391 g/mol. The maximum absolute atomic E-state index is 12.3. The van der Waals surface area contributed by atoms with E-state index in [1.54, 1.807) is 10.7 Å². The second-order valence-electron chi connectivity index (χ2n) is 6.99. The molecule has 3 rings (SSSR count). The van der Waals surface area contributed by atoms with E-state index >= 15 is 0 Å². The lowest BCUT2D eigenvalue weighted by molar-refractivity contribution is -0.116. The number of aryl methyl sites for hydroxylation is 2. The van der Waals surface area contributed by atoms with Gasteiger partial charge in [-0.05, 0) is 44.4 Å². The number of anilines is 1. The van der Waals surface area contributed by atoms with Crippen LogP contribution < -0.4 is 10.1 Å². The summed E-state index contributed by atoms with van der Waals surface area (Å²) < 4.78 is 30.7. The molecular weight excluding hydrogens is 366 g/mol. The number of amides is 1. The topological polar surface area (TPSA) is 90.3 Å². The number of ether oxygens (including phenoxy) is 1. The maximum atomic E-state index is 12.3. The van der Waals surface area contributed by atoms with E-state index in [0.29, 0.717) is 31.7 Å². The smallest absolute Gasteiger partial charge is 0.225 e. The molecule has 1 fully saturated rings. The number of hydrogen-bond acceptors (Lipinski definition) is 5. The summed E-state index contributed by atoms with van der Waals surface area (Å²) in [6.45, 7) is 4.28. The standard InChI is InChI=1S/C19H25N3O4S/c1-14-5-3-6-17(11-14)26-9-4-7-19(23)20-18-12-15(2)21-22(18)16-8-10-27(24,25)13-16/h3,5-6,11-12,16H,4,7-10,13H2,1-2H3,(H,20,23). The molecule has 1 aromatic carbocycles. The molecule has 1 unspecified atom stereocenters. The van der Waals surface area contributed by atoms with E-state index in [9.17, 15) is 13.2 Å². The molecular formula is C19H25N3O4S. The Bertz CT molecular complexity index is 921.